The lowest BCUT2D eigenvalue weighted by molar-refractivity contribution is 0.466. The molecule has 0 aliphatic carbocycles. The normalized spacial score (nSPS) is 14.7. The monoisotopic (exact) mass is 531 g/mol. The molecule has 0 fully saturated rings. The van der Waals surface area contributed by atoms with Gasteiger partial charge in [0.1, 0.15) is 23.0 Å². The molecule has 9 rings (SSSR count). The van der Waals surface area contributed by atoms with Crippen molar-refractivity contribution in [3.63, 3.8) is 0 Å². The molecule has 7 aromatic rings. The fourth-order valence-corrected chi connectivity index (χ4v) is 8.79. The summed E-state index contributed by atoms with van der Waals surface area (Å²) in [4.78, 5) is 0. The van der Waals surface area contributed by atoms with Crippen LogP contribution in [0.5, 0.6) is 23.0 Å². The Hall–Kier alpha value is -4.85. The van der Waals surface area contributed by atoms with Gasteiger partial charge < -0.3 is 14.0 Å². The molecule has 40 heavy (non-hydrogen) atoms. The van der Waals surface area contributed by atoms with Crippen LogP contribution in [0.3, 0.4) is 0 Å². The maximum atomic E-state index is 6.41. The summed E-state index contributed by atoms with van der Waals surface area (Å²) in [6, 6.07) is 47.3. The van der Waals surface area contributed by atoms with Crippen molar-refractivity contribution in [2.75, 3.05) is 0 Å². The lowest BCUT2D eigenvalue weighted by atomic mass is 10.0. The third-order valence-electron chi connectivity index (χ3n) is 7.97. The third kappa shape index (κ3) is 3.10. The van der Waals surface area contributed by atoms with Crippen LogP contribution < -0.4 is 25.4 Å². The first kappa shape index (κ1) is 22.0. The van der Waals surface area contributed by atoms with Crippen molar-refractivity contribution >= 4 is 45.6 Å². The van der Waals surface area contributed by atoms with E-state index in [1.54, 1.807) is 0 Å². The largest absolute Gasteiger partial charge is 0.456 e. The standard InChI is InChI=1S/C36H22NO2P/c1-3-10-28-26(8-1)27-9-2-4-11-29(27)37(28)25-19-16-23(17-20-25)24-18-21-31-35(22-24)40-34-15-6-5-12-30(34)38-32-13-7-14-33(39-31)36(32)40/h1-22H. The molecule has 0 saturated carbocycles. The lowest BCUT2D eigenvalue weighted by Crippen LogP contribution is -2.31. The van der Waals surface area contributed by atoms with E-state index in [2.05, 4.69) is 126 Å². The number of hydrogen-bond acceptors (Lipinski definition) is 2. The van der Waals surface area contributed by atoms with Gasteiger partial charge in [-0.3, -0.25) is 0 Å². The van der Waals surface area contributed by atoms with E-state index >= 15 is 0 Å². The maximum Gasteiger partial charge on any atom is 0.139 e. The van der Waals surface area contributed by atoms with Gasteiger partial charge in [-0.2, -0.15) is 0 Å². The summed E-state index contributed by atoms with van der Waals surface area (Å²) < 4.78 is 15.1. The Morgan fingerprint density at radius 2 is 1.02 bits per heavy atom. The van der Waals surface area contributed by atoms with Crippen LogP contribution in [0.25, 0.3) is 38.6 Å². The summed E-state index contributed by atoms with van der Waals surface area (Å²) in [7, 11) is -0.788. The van der Waals surface area contributed by atoms with Crippen LogP contribution in [0.4, 0.5) is 0 Å². The minimum absolute atomic E-state index is 0.788. The minimum atomic E-state index is -0.788. The second kappa shape index (κ2) is 8.32. The van der Waals surface area contributed by atoms with E-state index in [0.29, 0.717) is 0 Å². The molecule has 0 saturated heterocycles. The molecule has 1 aromatic heterocycles. The molecule has 4 heteroatoms. The Balaban J connectivity index is 1.17. The van der Waals surface area contributed by atoms with Gasteiger partial charge in [0.25, 0.3) is 0 Å². The van der Waals surface area contributed by atoms with Crippen LogP contribution in [0.1, 0.15) is 0 Å². The van der Waals surface area contributed by atoms with Crippen molar-refractivity contribution in [3.05, 3.63) is 133 Å². The predicted molar refractivity (Wildman–Crippen MR) is 165 cm³/mol. The molecule has 6 aromatic carbocycles. The number of para-hydroxylation sites is 3. The zero-order valence-electron chi connectivity index (χ0n) is 21.4. The second-order valence-corrected chi connectivity index (χ2v) is 12.3. The molecule has 2 aliphatic rings. The summed E-state index contributed by atoms with van der Waals surface area (Å²) in [6.45, 7) is 0. The molecule has 0 amide bonds. The van der Waals surface area contributed by atoms with E-state index < -0.39 is 7.92 Å². The average molecular weight is 532 g/mol. The lowest BCUT2D eigenvalue weighted by Gasteiger charge is -2.34. The smallest absolute Gasteiger partial charge is 0.139 e. The Labute approximate surface area is 232 Å². The van der Waals surface area contributed by atoms with Crippen molar-refractivity contribution < 1.29 is 9.47 Å². The molecule has 3 heterocycles. The molecule has 0 bridgehead atoms. The van der Waals surface area contributed by atoms with E-state index in [4.69, 9.17) is 9.47 Å². The highest BCUT2D eigenvalue weighted by Crippen LogP contribution is 2.52. The Morgan fingerprint density at radius 3 is 1.75 bits per heavy atom. The van der Waals surface area contributed by atoms with Crippen molar-refractivity contribution in [2.45, 2.75) is 0 Å². The molecule has 0 radical (unpaired) electrons. The first-order valence-corrected chi connectivity index (χ1v) is 14.8. The fourth-order valence-electron chi connectivity index (χ4n) is 6.18. The van der Waals surface area contributed by atoms with Gasteiger partial charge in [-0.25, -0.2) is 0 Å². The van der Waals surface area contributed by atoms with Crippen LogP contribution in [0, 0.1) is 0 Å². The minimum Gasteiger partial charge on any atom is -0.456 e. The van der Waals surface area contributed by atoms with Gasteiger partial charge in [0.15, 0.2) is 0 Å². The van der Waals surface area contributed by atoms with E-state index in [-0.39, 0.29) is 0 Å². The summed E-state index contributed by atoms with van der Waals surface area (Å²) in [6.07, 6.45) is 0. The first-order valence-electron chi connectivity index (χ1n) is 13.4. The molecule has 188 valence electrons. The summed E-state index contributed by atoms with van der Waals surface area (Å²) in [5.74, 6) is 3.66. The number of rotatable bonds is 2. The fraction of sp³-hybridized carbons (Fsp3) is 0. The highest BCUT2D eigenvalue weighted by molar-refractivity contribution is 7.80. The van der Waals surface area contributed by atoms with Gasteiger partial charge >= 0.3 is 0 Å². The molecule has 0 N–H and O–H groups in total. The molecular weight excluding hydrogens is 509 g/mol. The van der Waals surface area contributed by atoms with Gasteiger partial charge in [0, 0.05) is 35.0 Å². The van der Waals surface area contributed by atoms with Gasteiger partial charge in [0.2, 0.25) is 0 Å². The molecule has 2 aliphatic heterocycles. The predicted octanol–water partition coefficient (Wildman–Crippen LogP) is 8.42. The van der Waals surface area contributed by atoms with Gasteiger partial charge in [0.05, 0.1) is 16.3 Å². The average Bonchev–Trinajstić information content (AvgIpc) is 3.35. The Morgan fingerprint density at radius 1 is 0.450 bits per heavy atom. The highest BCUT2D eigenvalue weighted by Gasteiger charge is 2.36. The summed E-state index contributed by atoms with van der Waals surface area (Å²) >= 11 is 0. The zero-order chi connectivity index (χ0) is 26.2. The maximum absolute atomic E-state index is 6.41. The highest BCUT2D eigenvalue weighted by atomic mass is 31.1. The van der Waals surface area contributed by atoms with Gasteiger partial charge in [-0.15, -0.1) is 0 Å². The molecule has 3 nitrogen and oxygen atoms in total. The SMILES string of the molecule is c1ccc2c(c1)Oc1cccc3c1P2c1cc(-c2ccc(-n4c5ccccc5c5ccccc54)cc2)ccc1O3. The van der Waals surface area contributed by atoms with Gasteiger partial charge in [-0.05, 0) is 65.7 Å². The Bertz CT molecular complexity index is 2060. The number of benzene rings is 6. The Kier molecular flexibility index (Phi) is 4.58. The van der Waals surface area contributed by atoms with Crippen molar-refractivity contribution in [2.24, 2.45) is 0 Å². The molecule has 1 unspecified atom stereocenters. The van der Waals surface area contributed by atoms with Crippen LogP contribution in [-0.4, -0.2) is 4.57 Å². The van der Waals surface area contributed by atoms with E-state index in [0.717, 1.165) is 28.7 Å². The van der Waals surface area contributed by atoms with E-state index in [1.807, 2.05) is 12.1 Å². The molecule has 1 atom stereocenters. The van der Waals surface area contributed by atoms with Crippen LogP contribution >= 0.6 is 7.92 Å². The zero-order valence-corrected chi connectivity index (χ0v) is 22.3. The first-order chi connectivity index (χ1) is 19.8. The van der Waals surface area contributed by atoms with Crippen molar-refractivity contribution in [1.29, 1.82) is 0 Å². The molecular formula is C36H22NO2P. The quantitative estimate of drug-likeness (QED) is 0.209. The number of ether oxygens (including phenoxy) is 2. The molecule has 0 spiro atoms. The topological polar surface area (TPSA) is 23.4 Å². The van der Waals surface area contributed by atoms with E-state index in [9.17, 15) is 0 Å². The number of aromatic nitrogens is 1. The number of nitrogens with zero attached hydrogens (tertiary/aromatic N) is 1. The third-order valence-corrected chi connectivity index (χ3v) is 10.5. The van der Waals surface area contributed by atoms with E-state index in [1.165, 1.54) is 48.8 Å². The van der Waals surface area contributed by atoms with Crippen molar-refractivity contribution in [1.82, 2.24) is 4.57 Å². The summed E-state index contributed by atoms with van der Waals surface area (Å²) in [5.41, 5.74) is 5.96. The van der Waals surface area contributed by atoms with Crippen LogP contribution in [-0.2, 0) is 0 Å². The van der Waals surface area contributed by atoms with Crippen LogP contribution in [0.2, 0.25) is 0 Å². The van der Waals surface area contributed by atoms with Crippen LogP contribution in [0.15, 0.2) is 133 Å². The van der Waals surface area contributed by atoms with Gasteiger partial charge in [-0.1, -0.05) is 78.9 Å². The second-order valence-electron chi connectivity index (χ2n) is 10.2. The number of fused-ring (bicyclic) bond motifs is 7. The number of hydrogen-bond donors (Lipinski definition) is 0. The summed E-state index contributed by atoms with van der Waals surface area (Å²) in [5, 5.41) is 6.18. The van der Waals surface area contributed by atoms with Crippen molar-refractivity contribution in [3.8, 4) is 39.8 Å².